The Morgan fingerprint density at radius 2 is 1.74 bits per heavy atom. The van der Waals surface area contributed by atoms with Crippen LogP contribution in [0, 0.1) is 19.8 Å². The zero-order chi connectivity index (χ0) is 17.0. The Kier molecular flexibility index (Phi) is 5.53. The average Bonchev–Trinajstić information content (AvgIpc) is 2.54. The number of aryl methyl sites for hydroxylation is 2. The third-order valence-electron chi connectivity index (χ3n) is 4.64. The summed E-state index contributed by atoms with van der Waals surface area (Å²) in [5, 5.41) is 0. The molecule has 1 aromatic rings. The first-order valence-corrected chi connectivity index (χ1v) is 8.06. The van der Waals surface area contributed by atoms with E-state index in [4.69, 9.17) is 5.73 Å². The minimum atomic E-state index is -0.290. The predicted molar refractivity (Wildman–Crippen MR) is 88.0 cm³/mol. The third-order valence-corrected chi connectivity index (χ3v) is 4.64. The summed E-state index contributed by atoms with van der Waals surface area (Å²) >= 11 is 0. The number of nitrogens with zero attached hydrogens (tertiary/aromatic N) is 1. The van der Waals surface area contributed by atoms with Crippen LogP contribution in [-0.2, 0) is 9.59 Å². The van der Waals surface area contributed by atoms with Gasteiger partial charge in [0.05, 0.1) is 0 Å². The van der Waals surface area contributed by atoms with Crippen molar-refractivity contribution in [2.45, 2.75) is 39.5 Å². The van der Waals surface area contributed by atoms with Crippen LogP contribution in [0.4, 0.5) is 0 Å². The summed E-state index contributed by atoms with van der Waals surface area (Å²) in [6.45, 7) is 5.07. The lowest BCUT2D eigenvalue weighted by Gasteiger charge is -2.30. The number of hydrogen-bond acceptors (Lipinski definition) is 3. The highest BCUT2D eigenvalue weighted by molar-refractivity contribution is 5.98. The summed E-state index contributed by atoms with van der Waals surface area (Å²) in [5.41, 5.74) is 8.18. The Morgan fingerprint density at radius 1 is 1.09 bits per heavy atom. The van der Waals surface area contributed by atoms with Crippen molar-refractivity contribution in [3.63, 3.8) is 0 Å². The van der Waals surface area contributed by atoms with Gasteiger partial charge in [-0.3, -0.25) is 14.4 Å². The second-order valence-corrected chi connectivity index (χ2v) is 6.28. The van der Waals surface area contributed by atoms with Crippen LogP contribution in [0.5, 0.6) is 0 Å². The van der Waals surface area contributed by atoms with Gasteiger partial charge in [0, 0.05) is 37.4 Å². The largest absolute Gasteiger partial charge is 0.369 e. The number of carbonyl (C=O) groups excluding carboxylic acids is 3. The lowest BCUT2D eigenvalue weighted by molar-refractivity contribution is -0.134. The topological polar surface area (TPSA) is 80.5 Å². The van der Waals surface area contributed by atoms with Gasteiger partial charge < -0.3 is 10.6 Å². The maximum Gasteiger partial charge on any atom is 0.223 e. The van der Waals surface area contributed by atoms with Gasteiger partial charge in [-0.2, -0.15) is 0 Å². The number of amides is 2. The molecule has 0 bridgehead atoms. The molecule has 0 saturated carbocycles. The second-order valence-electron chi connectivity index (χ2n) is 6.28. The molecule has 1 aromatic carbocycles. The van der Waals surface area contributed by atoms with Crippen LogP contribution in [0.2, 0.25) is 0 Å². The SMILES string of the molecule is Cc1ccc(C(=O)CCC(=O)N2CCC(C(N)=O)CC2)cc1C. The van der Waals surface area contributed by atoms with Crippen molar-refractivity contribution in [1.82, 2.24) is 4.90 Å². The molecular weight excluding hydrogens is 292 g/mol. The number of primary amides is 1. The van der Waals surface area contributed by atoms with Crippen molar-refractivity contribution in [1.29, 1.82) is 0 Å². The molecule has 1 heterocycles. The molecule has 0 aromatic heterocycles. The van der Waals surface area contributed by atoms with Crippen LogP contribution in [-0.4, -0.2) is 35.6 Å². The van der Waals surface area contributed by atoms with E-state index in [1.807, 2.05) is 32.0 Å². The number of likely N-dealkylation sites (tertiary alicyclic amines) is 1. The van der Waals surface area contributed by atoms with E-state index >= 15 is 0 Å². The summed E-state index contributed by atoms with van der Waals surface area (Å²) < 4.78 is 0. The van der Waals surface area contributed by atoms with Gasteiger partial charge in [0.25, 0.3) is 0 Å². The van der Waals surface area contributed by atoms with Gasteiger partial charge in [-0.25, -0.2) is 0 Å². The molecule has 0 spiro atoms. The average molecular weight is 316 g/mol. The molecule has 2 rings (SSSR count). The van der Waals surface area contributed by atoms with E-state index < -0.39 is 0 Å². The molecule has 0 unspecified atom stereocenters. The second kappa shape index (κ2) is 7.40. The van der Waals surface area contributed by atoms with Crippen LogP contribution >= 0.6 is 0 Å². The fourth-order valence-electron chi connectivity index (χ4n) is 2.85. The normalized spacial score (nSPS) is 15.5. The van der Waals surface area contributed by atoms with Gasteiger partial charge >= 0.3 is 0 Å². The Labute approximate surface area is 136 Å². The zero-order valence-corrected chi connectivity index (χ0v) is 13.8. The molecule has 0 atom stereocenters. The first-order chi connectivity index (χ1) is 10.9. The van der Waals surface area contributed by atoms with E-state index in [2.05, 4.69) is 0 Å². The van der Waals surface area contributed by atoms with Gasteiger partial charge in [0.15, 0.2) is 5.78 Å². The van der Waals surface area contributed by atoms with Crippen molar-refractivity contribution in [3.8, 4) is 0 Å². The third kappa shape index (κ3) is 4.41. The van der Waals surface area contributed by atoms with E-state index in [0.29, 0.717) is 31.5 Å². The van der Waals surface area contributed by atoms with Crippen LogP contribution in [0.25, 0.3) is 0 Å². The first kappa shape index (κ1) is 17.2. The molecule has 2 N–H and O–H groups in total. The Morgan fingerprint density at radius 3 is 2.30 bits per heavy atom. The highest BCUT2D eigenvalue weighted by atomic mass is 16.2. The number of Topliss-reactive ketones (excluding diaryl/α,β-unsaturated/α-hetero) is 1. The molecule has 5 heteroatoms. The predicted octanol–water partition coefficient (Wildman–Crippen LogP) is 1.99. The summed E-state index contributed by atoms with van der Waals surface area (Å²) in [4.78, 5) is 37.3. The minimum absolute atomic E-state index is 0.00604. The van der Waals surface area contributed by atoms with Crippen molar-refractivity contribution in [2.24, 2.45) is 11.7 Å². The monoisotopic (exact) mass is 316 g/mol. The quantitative estimate of drug-likeness (QED) is 0.844. The fraction of sp³-hybridized carbons (Fsp3) is 0.500. The number of hydrogen-bond donors (Lipinski definition) is 1. The summed E-state index contributed by atoms with van der Waals surface area (Å²) in [7, 11) is 0. The lowest BCUT2D eigenvalue weighted by Crippen LogP contribution is -2.41. The number of rotatable bonds is 5. The molecule has 1 fully saturated rings. The minimum Gasteiger partial charge on any atom is -0.369 e. The number of benzene rings is 1. The first-order valence-electron chi connectivity index (χ1n) is 8.06. The number of ketones is 1. The van der Waals surface area contributed by atoms with Crippen molar-refractivity contribution >= 4 is 17.6 Å². The summed E-state index contributed by atoms with van der Waals surface area (Å²) in [6.07, 6.45) is 1.67. The molecule has 124 valence electrons. The zero-order valence-electron chi connectivity index (χ0n) is 13.8. The van der Waals surface area contributed by atoms with Crippen LogP contribution in [0.1, 0.15) is 47.2 Å². The molecule has 1 saturated heterocycles. The van der Waals surface area contributed by atoms with E-state index in [9.17, 15) is 14.4 Å². The number of piperidine rings is 1. The standard InChI is InChI=1S/C18H24N2O3/c1-12-3-4-15(11-13(12)2)16(21)5-6-17(22)20-9-7-14(8-10-20)18(19)23/h3-4,11,14H,5-10H2,1-2H3,(H2,19,23). The molecule has 2 amide bonds. The molecular formula is C18H24N2O3. The summed E-state index contributed by atoms with van der Waals surface area (Å²) in [6, 6.07) is 5.62. The lowest BCUT2D eigenvalue weighted by atomic mass is 9.96. The van der Waals surface area contributed by atoms with E-state index in [0.717, 1.165) is 11.1 Å². The fourth-order valence-corrected chi connectivity index (χ4v) is 2.85. The number of nitrogens with two attached hydrogens (primary N) is 1. The molecule has 0 aliphatic carbocycles. The van der Waals surface area contributed by atoms with E-state index in [1.54, 1.807) is 4.90 Å². The molecule has 23 heavy (non-hydrogen) atoms. The van der Waals surface area contributed by atoms with Gasteiger partial charge in [0.1, 0.15) is 0 Å². The van der Waals surface area contributed by atoms with Crippen LogP contribution < -0.4 is 5.73 Å². The Hall–Kier alpha value is -2.17. The highest BCUT2D eigenvalue weighted by Gasteiger charge is 2.25. The molecule has 0 radical (unpaired) electrons. The van der Waals surface area contributed by atoms with E-state index in [1.165, 1.54) is 0 Å². The van der Waals surface area contributed by atoms with Gasteiger partial charge in [-0.05, 0) is 43.9 Å². The smallest absolute Gasteiger partial charge is 0.223 e. The highest BCUT2D eigenvalue weighted by Crippen LogP contribution is 2.18. The van der Waals surface area contributed by atoms with Crippen molar-refractivity contribution in [2.75, 3.05) is 13.1 Å². The van der Waals surface area contributed by atoms with Gasteiger partial charge in [-0.1, -0.05) is 12.1 Å². The molecule has 1 aliphatic heterocycles. The summed E-state index contributed by atoms with van der Waals surface area (Å²) in [5.74, 6) is -0.447. The van der Waals surface area contributed by atoms with Crippen molar-refractivity contribution in [3.05, 3.63) is 34.9 Å². The maximum absolute atomic E-state index is 12.2. The van der Waals surface area contributed by atoms with Crippen LogP contribution in [0.15, 0.2) is 18.2 Å². The van der Waals surface area contributed by atoms with E-state index in [-0.39, 0.29) is 36.4 Å². The molecule has 5 nitrogen and oxygen atoms in total. The van der Waals surface area contributed by atoms with Gasteiger partial charge in [0.2, 0.25) is 11.8 Å². The Bertz CT molecular complexity index is 617. The molecule has 1 aliphatic rings. The van der Waals surface area contributed by atoms with Crippen molar-refractivity contribution < 1.29 is 14.4 Å². The Balaban J connectivity index is 1.83. The van der Waals surface area contributed by atoms with Gasteiger partial charge in [-0.15, -0.1) is 0 Å². The number of carbonyl (C=O) groups is 3. The maximum atomic E-state index is 12.2. The van der Waals surface area contributed by atoms with Crippen LogP contribution in [0.3, 0.4) is 0 Å².